The quantitative estimate of drug-likeness (QED) is 0.548. The lowest BCUT2D eigenvalue weighted by molar-refractivity contribution is -0.119. The topological polar surface area (TPSA) is 115 Å². The zero-order valence-electron chi connectivity index (χ0n) is 20.2. The van der Waals surface area contributed by atoms with Crippen LogP contribution in [0.1, 0.15) is 61.1 Å². The van der Waals surface area contributed by atoms with Gasteiger partial charge in [0.05, 0.1) is 35.2 Å². The predicted octanol–water partition coefficient (Wildman–Crippen LogP) is 3.90. The van der Waals surface area contributed by atoms with E-state index in [0.29, 0.717) is 29.3 Å². The standard InChI is InChI=1S/C25H32N6O3/c1-5-20-19(14-34-30-20)24(32)29-22(17-8-6-15(2)7-9-17)25(33)28-18-10-11-21(26-13-18)23-16(3)12-27-31(23)4/h10-15,17,22H,5-9H2,1-4H3,(H,28,33)(H,29,32)/t15-,17-,22-/m0/s1. The summed E-state index contributed by atoms with van der Waals surface area (Å²) in [6, 6.07) is 3.03. The molecule has 0 spiro atoms. The molecule has 3 aromatic rings. The summed E-state index contributed by atoms with van der Waals surface area (Å²) in [5.74, 6) is 0.118. The fourth-order valence-corrected chi connectivity index (χ4v) is 4.68. The smallest absolute Gasteiger partial charge is 0.257 e. The number of anilines is 1. The third kappa shape index (κ3) is 5.03. The zero-order chi connectivity index (χ0) is 24.2. The Bertz CT molecular complexity index is 1120. The highest BCUT2D eigenvalue weighted by Crippen LogP contribution is 2.31. The highest BCUT2D eigenvalue weighted by Gasteiger charge is 2.33. The molecule has 1 saturated carbocycles. The number of hydrogen-bond acceptors (Lipinski definition) is 6. The second kappa shape index (κ2) is 10.2. The van der Waals surface area contributed by atoms with E-state index >= 15 is 0 Å². The monoisotopic (exact) mass is 464 g/mol. The van der Waals surface area contributed by atoms with Gasteiger partial charge in [-0.1, -0.05) is 31.8 Å². The van der Waals surface area contributed by atoms with Gasteiger partial charge in [-0.05, 0) is 55.7 Å². The number of carbonyl (C=O) groups is 2. The largest absolute Gasteiger partial charge is 0.364 e. The van der Waals surface area contributed by atoms with Gasteiger partial charge < -0.3 is 15.2 Å². The Hall–Kier alpha value is -3.49. The number of aryl methyl sites for hydroxylation is 3. The van der Waals surface area contributed by atoms with Crippen molar-refractivity contribution < 1.29 is 14.1 Å². The summed E-state index contributed by atoms with van der Waals surface area (Å²) in [6.07, 6.45) is 9.21. The molecule has 1 fully saturated rings. The first-order valence-electron chi connectivity index (χ1n) is 11.9. The Morgan fingerprint density at radius 3 is 2.59 bits per heavy atom. The lowest BCUT2D eigenvalue weighted by Gasteiger charge is -2.32. The summed E-state index contributed by atoms with van der Waals surface area (Å²) < 4.78 is 6.77. The van der Waals surface area contributed by atoms with E-state index in [1.807, 2.05) is 33.0 Å². The van der Waals surface area contributed by atoms with Crippen molar-refractivity contribution in [3.8, 4) is 11.4 Å². The summed E-state index contributed by atoms with van der Waals surface area (Å²) >= 11 is 0. The van der Waals surface area contributed by atoms with Crippen molar-refractivity contribution >= 4 is 17.5 Å². The molecule has 0 saturated heterocycles. The Balaban J connectivity index is 1.51. The zero-order valence-corrected chi connectivity index (χ0v) is 20.2. The highest BCUT2D eigenvalue weighted by atomic mass is 16.5. The number of nitrogens with one attached hydrogen (secondary N) is 2. The summed E-state index contributed by atoms with van der Waals surface area (Å²) in [7, 11) is 1.87. The maximum absolute atomic E-state index is 13.4. The maximum atomic E-state index is 13.4. The molecule has 34 heavy (non-hydrogen) atoms. The van der Waals surface area contributed by atoms with Gasteiger partial charge in [0.15, 0.2) is 0 Å². The van der Waals surface area contributed by atoms with Gasteiger partial charge in [0.25, 0.3) is 5.91 Å². The molecule has 1 aliphatic carbocycles. The number of pyridine rings is 1. The molecule has 4 rings (SSSR count). The van der Waals surface area contributed by atoms with Crippen LogP contribution in [0.2, 0.25) is 0 Å². The third-order valence-electron chi connectivity index (χ3n) is 6.72. The Morgan fingerprint density at radius 2 is 1.97 bits per heavy atom. The average Bonchev–Trinajstić information content (AvgIpc) is 3.45. The molecule has 0 aliphatic heterocycles. The molecule has 2 N–H and O–H groups in total. The second-order valence-corrected chi connectivity index (χ2v) is 9.22. The van der Waals surface area contributed by atoms with Crippen LogP contribution in [0.15, 0.2) is 35.3 Å². The molecule has 3 aromatic heterocycles. The molecular formula is C25H32N6O3. The van der Waals surface area contributed by atoms with E-state index in [4.69, 9.17) is 4.52 Å². The van der Waals surface area contributed by atoms with Crippen LogP contribution in [-0.4, -0.2) is 37.8 Å². The molecule has 3 heterocycles. The molecule has 180 valence electrons. The average molecular weight is 465 g/mol. The van der Waals surface area contributed by atoms with Crippen molar-refractivity contribution in [3.63, 3.8) is 0 Å². The van der Waals surface area contributed by atoms with Gasteiger partial charge in [-0.25, -0.2) is 0 Å². The lowest BCUT2D eigenvalue weighted by Crippen LogP contribution is -2.49. The van der Waals surface area contributed by atoms with E-state index in [-0.39, 0.29) is 17.7 Å². The van der Waals surface area contributed by atoms with E-state index in [2.05, 4.69) is 32.8 Å². The van der Waals surface area contributed by atoms with Crippen molar-refractivity contribution in [2.45, 2.75) is 58.9 Å². The maximum Gasteiger partial charge on any atom is 0.257 e. The number of aromatic nitrogens is 4. The fourth-order valence-electron chi connectivity index (χ4n) is 4.68. The molecule has 9 heteroatoms. The molecule has 1 atom stereocenters. The van der Waals surface area contributed by atoms with Crippen LogP contribution >= 0.6 is 0 Å². The molecule has 0 radical (unpaired) electrons. The van der Waals surface area contributed by atoms with Gasteiger partial charge in [-0.2, -0.15) is 5.10 Å². The first kappa shape index (κ1) is 23.7. The van der Waals surface area contributed by atoms with E-state index < -0.39 is 6.04 Å². The first-order chi connectivity index (χ1) is 16.4. The predicted molar refractivity (Wildman–Crippen MR) is 128 cm³/mol. The third-order valence-corrected chi connectivity index (χ3v) is 6.72. The molecule has 1 aliphatic rings. The van der Waals surface area contributed by atoms with E-state index in [1.165, 1.54) is 6.26 Å². The van der Waals surface area contributed by atoms with E-state index in [1.54, 1.807) is 17.1 Å². The number of amides is 2. The van der Waals surface area contributed by atoms with Gasteiger partial charge in [-0.3, -0.25) is 19.3 Å². The minimum atomic E-state index is -0.654. The summed E-state index contributed by atoms with van der Waals surface area (Å²) in [5.41, 5.74) is 4.28. The Labute approximate surface area is 199 Å². The fraction of sp³-hybridized carbons (Fsp3) is 0.480. The minimum absolute atomic E-state index is 0.0643. The van der Waals surface area contributed by atoms with E-state index in [0.717, 1.165) is 42.6 Å². The van der Waals surface area contributed by atoms with Crippen LogP contribution < -0.4 is 10.6 Å². The van der Waals surface area contributed by atoms with Crippen molar-refractivity contribution in [2.24, 2.45) is 18.9 Å². The van der Waals surface area contributed by atoms with Crippen LogP contribution in [0.4, 0.5) is 5.69 Å². The van der Waals surface area contributed by atoms with Crippen molar-refractivity contribution in [1.82, 2.24) is 25.2 Å². The van der Waals surface area contributed by atoms with Gasteiger partial charge in [0, 0.05) is 7.05 Å². The van der Waals surface area contributed by atoms with Gasteiger partial charge in [0.2, 0.25) is 5.91 Å². The summed E-state index contributed by atoms with van der Waals surface area (Å²) in [6.45, 7) is 6.12. The molecule has 0 bridgehead atoms. The highest BCUT2D eigenvalue weighted by molar-refractivity contribution is 6.01. The van der Waals surface area contributed by atoms with Crippen LogP contribution in [0.5, 0.6) is 0 Å². The number of nitrogens with zero attached hydrogens (tertiary/aromatic N) is 4. The second-order valence-electron chi connectivity index (χ2n) is 9.22. The molecular weight excluding hydrogens is 432 g/mol. The van der Waals surface area contributed by atoms with E-state index in [9.17, 15) is 9.59 Å². The number of carbonyl (C=O) groups excluding carboxylic acids is 2. The first-order valence-corrected chi connectivity index (χ1v) is 11.9. The lowest BCUT2D eigenvalue weighted by atomic mass is 9.79. The molecule has 9 nitrogen and oxygen atoms in total. The van der Waals surface area contributed by atoms with Crippen LogP contribution in [-0.2, 0) is 18.3 Å². The molecule has 0 aromatic carbocycles. The minimum Gasteiger partial charge on any atom is -0.364 e. The van der Waals surface area contributed by atoms with Crippen LogP contribution in [0.25, 0.3) is 11.4 Å². The molecule has 0 unspecified atom stereocenters. The molecule has 2 amide bonds. The Kier molecular flexibility index (Phi) is 7.09. The van der Waals surface area contributed by atoms with Gasteiger partial charge in [-0.15, -0.1) is 0 Å². The van der Waals surface area contributed by atoms with Gasteiger partial charge >= 0.3 is 0 Å². The number of hydrogen-bond donors (Lipinski definition) is 2. The van der Waals surface area contributed by atoms with Crippen LogP contribution in [0.3, 0.4) is 0 Å². The summed E-state index contributed by atoms with van der Waals surface area (Å²) in [4.78, 5) is 30.9. The van der Waals surface area contributed by atoms with Crippen molar-refractivity contribution in [1.29, 1.82) is 0 Å². The SMILES string of the molecule is CCc1nocc1C(=O)N[C@H](C(=O)Nc1ccc(-c2c(C)cnn2C)nc1)[C@H]1CC[C@H](C)CC1. The Morgan fingerprint density at radius 1 is 1.21 bits per heavy atom. The van der Waals surface area contributed by atoms with Gasteiger partial charge in [0.1, 0.15) is 17.9 Å². The van der Waals surface area contributed by atoms with Crippen LogP contribution in [0, 0.1) is 18.8 Å². The summed E-state index contributed by atoms with van der Waals surface area (Å²) in [5, 5.41) is 14.1. The number of rotatable bonds is 7. The van der Waals surface area contributed by atoms with Crippen molar-refractivity contribution in [3.05, 3.63) is 47.6 Å². The van der Waals surface area contributed by atoms with Crippen molar-refractivity contribution in [2.75, 3.05) is 5.32 Å². The normalized spacial score (nSPS) is 18.9.